The van der Waals surface area contributed by atoms with Gasteiger partial charge in [0.25, 0.3) is 0 Å². The van der Waals surface area contributed by atoms with E-state index in [1.165, 1.54) is 0 Å². The summed E-state index contributed by atoms with van der Waals surface area (Å²) in [5, 5.41) is 0. The Morgan fingerprint density at radius 2 is 1.40 bits per heavy atom. The van der Waals surface area contributed by atoms with E-state index in [2.05, 4.69) is 6.92 Å². The summed E-state index contributed by atoms with van der Waals surface area (Å²) in [7, 11) is 0. The summed E-state index contributed by atoms with van der Waals surface area (Å²) in [6, 6.07) is 0. The Labute approximate surface area is 58.1 Å². The zero-order chi connectivity index (χ0) is 2.71. The van der Waals surface area contributed by atoms with E-state index < -0.39 is 0 Å². The SMILES string of the molecule is [CH2]CC.[LiH].[LiH]. The van der Waals surface area contributed by atoms with Crippen LogP contribution in [0, 0.1) is 6.92 Å². The minimum atomic E-state index is 0. The molecule has 0 aliphatic carbocycles. The standard InChI is InChI=1S/C3H7.2Li.2H/c1-3-2;;;;/h1,3H2,2H3;;;;. The predicted octanol–water partition coefficient (Wildman–Crippen LogP) is -0.0665. The summed E-state index contributed by atoms with van der Waals surface area (Å²) in [5.74, 6) is 0. The molecule has 0 saturated heterocycles. The second-order valence-electron chi connectivity index (χ2n) is 0.500. The summed E-state index contributed by atoms with van der Waals surface area (Å²) < 4.78 is 0. The molecule has 0 unspecified atom stereocenters. The van der Waals surface area contributed by atoms with E-state index in [0.29, 0.717) is 0 Å². The molecular weight excluding hydrogens is 49.9 g/mol. The molecular formula is C3H9Li2. The van der Waals surface area contributed by atoms with Crippen molar-refractivity contribution in [2.24, 2.45) is 0 Å². The van der Waals surface area contributed by atoms with Gasteiger partial charge in [0.05, 0.1) is 0 Å². The number of hydrogen-bond donors (Lipinski definition) is 0. The van der Waals surface area contributed by atoms with Crippen LogP contribution in [0.1, 0.15) is 13.3 Å². The Balaban J connectivity index is -0.0000000200. The Morgan fingerprint density at radius 1 is 1.40 bits per heavy atom. The first-order valence-corrected chi connectivity index (χ1v) is 1.21. The summed E-state index contributed by atoms with van der Waals surface area (Å²) >= 11 is 0. The van der Waals surface area contributed by atoms with Crippen LogP contribution >= 0.6 is 0 Å². The van der Waals surface area contributed by atoms with Crippen molar-refractivity contribution < 1.29 is 0 Å². The fraction of sp³-hybridized carbons (Fsp3) is 0.667. The van der Waals surface area contributed by atoms with Crippen LogP contribution in [0.15, 0.2) is 0 Å². The third kappa shape index (κ3) is 37.1. The molecule has 23 valence electrons. The topological polar surface area (TPSA) is 0 Å². The van der Waals surface area contributed by atoms with Gasteiger partial charge in [0.15, 0.2) is 0 Å². The van der Waals surface area contributed by atoms with E-state index in [9.17, 15) is 0 Å². The van der Waals surface area contributed by atoms with Crippen LogP contribution in [0.4, 0.5) is 0 Å². The first kappa shape index (κ1) is 16.4. The van der Waals surface area contributed by atoms with E-state index >= 15 is 0 Å². The van der Waals surface area contributed by atoms with Crippen LogP contribution in [-0.2, 0) is 0 Å². The first-order valence-electron chi connectivity index (χ1n) is 1.21. The molecule has 0 N–H and O–H groups in total. The zero-order valence-corrected chi connectivity index (χ0v) is 2.41. The molecule has 0 fully saturated rings. The Morgan fingerprint density at radius 3 is 1.40 bits per heavy atom. The number of hydrogen-bond acceptors (Lipinski definition) is 0. The van der Waals surface area contributed by atoms with Crippen LogP contribution in [0.3, 0.4) is 0 Å². The van der Waals surface area contributed by atoms with Crippen LogP contribution in [-0.4, -0.2) is 37.7 Å². The van der Waals surface area contributed by atoms with Gasteiger partial charge in [-0.2, -0.15) is 0 Å². The summed E-state index contributed by atoms with van der Waals surface area (Å²) in [6.07, 6.45) is 1.00. The van der Waals surface area contributed by atoms with Crippen molar-refractivity contribution in [1.82, 2.24) is 0 Å². The fourth-order valence-corrected chi connectivity index (χ4v) is 0. The van der Waals surface area contributed by atoms with Gasteiger partial charge >= 0.3 is 37.7 Å². The van der Waals surface area contributed by atoms with E-state index in [4.69, 9.17) is 0 Å². The molecule has 0 rings (SSSR count). The van der Waals surface area contributed by atoms with Crippen LogP contribution in [0.5, 0.6) is 0 Å². The van der Waals surface area contributed by atoms with Gasteiger partial charge < -0.3 is 0 Å². The monoisotopic (exact) mass is 59.1 g/mol. The van der Waals surface area contributed by atoms with Crippen molar-refractivity contribution >= 4 is 37.7 Å². The van der Waals surface area contributed by atoms with Crippen LogP contribution in [0.2, 0.25) is 0 Å². The summed E-state index contributed by atoms with van der Waals surface area (Å²) in [4.78, 5) is 0. The molecule has 0 saturated carbocycles. The van der Waals surface area contributed by atoms with E-state index in [0.717, 1.165) is 6.42 Å². The molecule has 0 spiro atoms. The van der Waals surface area contributed by atoms with Crippen LogP contribution < -0.4 is 0 Å². The van der Waals surface area contributed by atoms with Crippen molar-refractivity contribution in [2.45, 2.75) is 13.3 Å². The Kier molecular flexibility index (Phi) is 62.2. The van der Waals surface area contributed by atoms with Crippen molar-refractivity contribution in [1.29, 1.82) is 0 Å². The van der Waals surface area contributed by atoms with Gasteiger partial charge in [-0.25, -0.2) is 0 Å². The maximum absolute atomic E-state index is 3.49. The molecule has 0 aliphatic rings. The minimum absolute atomic E-state index is 0. The van der Waals surface area contributed by atoms with E-state index in [1.54, 1.807) is 0 Å². The van der Waals surface area contributed by atoms with E-state index in [-0.39, 0.29) is 37.7 Å². The van der Waals surface area contributed by atoms with Crippen molar-refractivity contribution in [3.8, 4) is 0 Å². The first-order chi connectivity index (χ1) is 1.41. The molecule has 0 atom stereocenters. The summed E-state index contributed by atoms with van der Waals surface area (Å²) in [6.45, 7) is 5.50. The average Bonchev–Trinajstić information content (AvgIpc) is 0.918. The van der Waals surface area contributed by atoms with Gasteiger partial charge in [0, 0.05) is 0 Å². The van der Waals surface area contributed by atoms with Crippen LogP contribution in [0.25, 0.3) is 0 Å². The van der Waals surface area contributed by atoms with Gasteiger partial charge in [-0.1, -0.05) is 20.3 Å². The second-order valence-corrected chi connectivity index (χ2v) is 0.500. The van der Waals surface area contributed by atoms with Gasteiger partial charge in [-0.05, 0) is 0 Å². The van der Waals surface area contributed by atoms with Gasteiger partial charge in [0.1, 0.15) is 0 Å². The van der Waals surface area contributed by atoms with Crippen molar-refractivity contribution in [3.63, 3.8) is 0 Å². The third-order valence-electron chi connectivity index (χ3n) is 0. The molecule has 0 aliphatic heterocycles. The molecule has 0 bridgehead atoms. The molecule has 0 aromatic carbocycles. The Bertz CT molecular complexity index is 4.85. The molecule has 5 heavy (non-hydrogen) atoms. The van der Waals surface area contributed by atoms with E-state index in [1.807, 2.05) is 6.92 Å². The normalized spacial score (nSPS) is 3.60. The van der Waals surface area contributed by atoms with Gasteiger partial charge in [0.2, 0.25) is 0 Å². The maximum atomic E-state index is 3.49. The average molecular weight is 59.0 g/mol. The Hall–Kier alpha value is 1.19. The molecule has 2 heteroatoms. The molecule has 0 aromatic rings. The molecule has 0 amide bonds. The predicted molar refractivity (Wildman–Crippen MR) is 29.9 cm³/mol. The third-order valence-corrected chi connectivity index (χ3v) is 0. The fourth-order valence-electron chi connectivity index (χ4n) is 0. The number of rotatable bonds is 0. The second kappa shape index (κ2) is 19.0. The summed E-state index contributed by atoms with van der Waals surface area (Å²) in [5.41, 5.74) is 0. The van der Waals surface area contributed by atoms with Crippen molar-refractivity contribution in [3.05, 3.63) is 6.92 Å². The zero-order valence-electron chi connectivity index (χ0n) is 2.41. The quantitative estimate of drug-likeness (QED) is 0.343. The molecule has 0 heterocycles. The van der Waals surface area contributed by atoms with Gasteiger partial charge in [-0.15, -0.1) is 0 Å². The van der Waals surface area contributed by atoms with Crippen molar-refractivity contribution in [2.75, 3.05) is 0 Å². The molecule has 1 radical (unpaired) electrons. The van der Waals surface area contributed by atoms with Gasteiger partial charge in [-0.3, -0.25) is 0 Å². The molecule has 0 nitrogen and oxygen atoms in total. The molecule has 0 aromatic heterocycles.